The first-order chi connectivity index (χ1) is 8.58. The zero-order valence-electron chi connectivity index (χ0n) is 11.8. The van der Waals surface area contributed by atoms with Crippen molar-refractivity contribution in [2.75, 3.05) is 26.3 Å². The minimum Gasteiger partial charge on any atom is -0.380 e. The summed E-state index contributed by atoms with van der Waals surface area (Å²) < 4.78 is 5.45. The maximum absolute atomic E-state index is 11.7. The van der Waals surface area contributed by atoms with Crippen LogP contribution in [0, 0.1) is 11.3 Å². The van der Waals surface area contributed by atoms with Crippen molar-refractivity contribution in [3.05, 3.63) is 0 Å². The molecule has 0 aromatic rings. The average Bonchev–Trinajstić information content (AvgIpc) is 2.28. The van der Waals surface area contributed by atoms with E-state index in [-0.39, 0.29) is 11.3 Å². The minimum absolute atomic E-state index is 0.0998. The minimum atomic E-state index is 0.0998. The lowest BCUT2D eigenvalue weighted by Crippen LogP contribution is -2.42. The molecule has 1 aliphatic carbocycles. The van der Waals surface area contributed by atoms with Crippen LogP contribution in [0.5, 0.6) is 0 Å². The quantitative estimate of drug-likeness (QED) is 0.617. The molecule has 106 valence electrons. The average molecular weight is 256 g/mol. The first-order valence-electron chi connectivity index (χ1n) is 7.12. The molecule has 1 rings (SSSR count). The van der Waals surface area contributed by atoms with E-state index in [0.29, 0.717) is 32.0 Å². The third-order valence-corrected chi connectivity index (χ3v) is 3.79. The highest BCUT2D eigenvalue weighted by molar-refractivity contribution is 5.76. The molecule has 18 heavy (non-hydrogen) atoms. The molecule has 4 heteroatoms. The standard InChI is InChI=1S/C14H28N2O2/c1-12(2)4-8-18-9-7-16-13(17)10-14(11-15)5-3-6-14/h12H,3-11,15H2,1-2H3,(H,16,17). The number of ether oxygens (including phenoxy) is 1. The van der Waals surface area contributed by atoms with Gasteiger partial charge in [-0.25, -0.2) is 0 Å². The third-order valence-electron chi connectivity index (χ3n) is 3.79. The van der Waals surface area contributed by atoms with Crippen LogP contribution in [-0.4, -0.2) is 32.2 Å². The second-order valence-corrected chi connectivity index (χ2v) is 5.88. The summed E-state index contributed by atoms with van der Waals surface area (Å²) >= 11 is 0. The monoisotopic (exact) mass is 256 g/mol. The Kier molecular flexibility index (Phi) is 6.65. The van der Waals surface area contributed by atoms with Crippen LogP contribution in [0.25, 0.3) is 0 Å². The Labute approximate surface area is 111 Å². The van der Waals surface area contributed by atoms with E-state index in [1.54, 1.807) is 0 Å². The van der Waals surface area contributed by atoms with Gasteiger partial charge in [-0.1, -0.05) is 20.3 Å². The summed E-state index contributed by atoms with van der Waals surface area (Å²) in [5.41, 5.74) is 5.83. The number of carbonyl (C=O) groups is 1. The highest BCUT2D eigenvalue weighted by Gasteiger charge is 2.37. The van der Waals surface area contributed by atoms with Crippen LogP contribution in [0.15, 0.2) is 0 Å². The maximum Gasteiger partial charge on any atom is 0.220 e. The van der Waals surface area contributed by atoms with E-state index in [1.807, 2.05) is 0 Å². The number of amides is 1. The van der Waals surface area contributed by atoms with Crippen molar-refractivity contribution in [3.63, 3.8) is 0 Å². The van der Waals surface area contributed by atoms with Gasteiger partial charge in [0.2, 0.25) is 5.91 Å². The fourth-order valence-corrected chi connectivity index (χ4v) is 2.22. The van der Waals surface area contributed by atoms with Crippen LogP contribution in [0.1, 0.15) is 46.0 Å². The van der Waals surface area contributed by atoms with Gasteiger partial charge in [0.15, 0.2) is 0 Å². The lowest BCUT2D eigenvalue weighted by molar-refractivity contribution is -0.125. The second-order valence-electron chi connectivity index (χ2n) is 5.88. The normalized spacial score (nSPS) is 17.6. The molecule has 0 spiro atoms. The molecule has 1 fully saturated rings. The van der Waals surface area contributed by atoms with Gasteiger partial charge in [0.25, 0.3) is 0 Å². The van der Waals surface area contributed by atoms with E-state index in [9.17, 15) is 4.79 Å². The van der Waals surface area contributed by atoms with Crippen molar-refractivity contribution in [1.82, 2.24) is 5.32 Å². The Morgan fingerprint density at radius 3 is 2.61 bits per heavy atom. The molecule has 0 aromatic carbocycles. The van der Waals surface area contributed by atoms with Gasteiger partial charge in [-0.2, -0.15) is 0 Å². The van der Waals surface area contributed by atoms with Crippen LogP contribution in [0.2, 0.25) is 0 Å². The Bertz CT molecular complexity index is 245. The van der Waals surface area contributed by atoms with Crippen LogP contribution in [0.3, 0.4) is 0 Å². The highest BCUT2D eigenvalue weighted by atomic mass is 16.5. The van der Waals surface area contributed by atoms with Crippen molar-refractivity contribution in [2.24, 2.45) is 17.1 Å². The van der Waals surface area contributed by atoms with Crippen molar-refractivity contribution in [1.29, 1.82) is 0 Å². The van der Waals surface area contributed by atoms with Gasteiger partial charge in [-0.05, 0) is 37.1 Å². The lowest BCUT2D eigenvalue weighted by Gasteiger charge is -2.40. The number of carbonyl (C=O) groups excluding carboxylic acids is 1. The summed E-state index contributed by atoms with van der Waals surface area (Å²) in [5, 5.41) is 2.91. The largest absolute Gasteiger partial charge is 0.380 e. The van der Waals surface area contributed by atoms with Crippen molar-refractivity contribution in [3.8, 4) is 0 Å². The second kappa shape index (κ2) is 7.74. The van der Waals surface area contributed by atoms with Crippen molar-refractivity contribution >= 4 is 5.91 Å². The Balaban J connectivity index is 2.00. The molecule has 1 aliphatic rings. The lowest BCUT2D eigenvalue weighted by atomic mass is 9.66. The van der Waals surface area contributed by atoms with E-state index < -0.39 is 0 Å². The van der Waals surface area contributed by atoms with Crippen LogP contribution < -0.4 is 11.1 Å². The van der Waals surface area contributed by atoms with E-state index in [2.05, 4.69) is 19.2 Å². The van der Waals surface area contributed by atoms with Gasteiger partial charge in [0, 0.05) is 19.6 Å². The van der Waals surface area contributed by atoms with Crippen molar-refractivity contribution < 1.29 is 9.53 Å². The molecule has 1 saturated carbocycles. The summed E-state index contributed by atoms with van der Waals surface area (Å²) in [6.45, 7) is 6.98. The summed E-state index contributed by atoms with van der Waals surface area (Å²) in [6.07, 6.45) is 5.06. The van der Waals surface area contributed by atoms with Crippen LogP contribution >= 0.6 is 0 Å². The van der Waals surface area contributed by atoms with Crippen LogP contribution in [0.4, 0.5) is 0 Å². The SMILES string of the molecule is CC(C)CCOCCNC(=O)CC1(CN)CCC1. The Morgan fingerprint density at radius 1 is 1.39 bits per heavy atom. The summed E-state index contributed by atoms with van der Waals surface area (Å²) in [5.74, 6) is 0.787. The van der Waals surface area contributed by atoms with Gasteiger partial charge >= 0.3 is 0 Å². The predicted octanol–water partition coefficient (Wildman–Crippen LogP) is 1.68. The van der Waals surface area contributed by atoms with E-state index in [0.717, 1.165) is 25.9 Å². The molecule has 4 nitrogen and oxygen atoms in total. The molecule has 0 aliphatic heterocycles. The molecular weight excluding hydrogens is 228 g/mol. The van der Waals surface area contributed by atoms with E-state index in [4.69, 9.17) is 10.5 Å². The van der Waals surface area contributed by atoms with Crippen LogP contribution in [-0.2, 0) is 9.53 Å². The molecule has 3 N–H and O–H groups in total. The zero-order valence-corrected chi connectivity index (χ0v) is 11.8. The number of nitrogens with one attached hydrogen (secondary N) is 1. The molecule has 1 amide bonds. The number of hydrogen-bond donors (Lipinski definition) is 2. The molecule has 0 heterocycles. The zero-order chi connectivity index (χ0) is 13.4. The fourth-order valence-electron chi connectivity index (χ4n) is 2.22. The first-order valence-corrected chi connectivity index (χ1v) is 7.12. The molecule has 0 aromatic heterocycles. The molecule has 0 saturated heterocycles. The topological polar surface area (TPSA) is 64.3 Å². The maximum atomic E-state index is 11.7. The Hall–Kier alpha value is -0.610. The Morgan fingerprint density at radius 2 is 2.11 bits per heavy atom. The summed E-state index contributed by atoms with van der Waals surface area (Å²) in [4.78, 5) is 11.7. The molecular formula is C14H28N2O2. The smallest absolute Gasteiger partial charge is 0.220 e. The summed E-state index contributed by atoms with van der Waals surface area (Å²) in [7, 11) is 0. The fraction of sp³-hybridized carbons (Fsp3) is 0.929. The van der Waals surface area contributed by atoms with E-state index >= 15 is 0 Å². The molecule has 0 atom stereocenters. The number of hydrogen-bond acceptors (Lipinski definition) is 3. The molecule has 0 radical (unpaired) electrons. The predicted molar refractivity (Wildman–Crippen MR) is 73.2 cm³/mol. The summed E-state index contributed by atoms with van der Waals surface area (Å²) in [6, 6.07) is 0. The molecule has 0 bridgehead atoms. The third kappa shape index (κ3) is 5.36. The highest BCUT2D eigenvalue weighted by Crippen LogP contribution is 2.42. The number of nitrogens with two attached hydrogens (primary N) is 1. The van der Waals surface area contributed by atoms with Crippen molar-refractivity contribution in [2.45, 2.75) is 46.0 Å². The van der Waals surface area contributed by atoms with Gasteiger partial charge in [0.05, 0.1) is 6.61 Å². The first kappa shape index (κ1) is 15.4. The number of rotatable bonds is 9. The molecule has 0 unspecified atom stereocenters. The van der Waals surface area contributed by atoms with E-state index in [1.165, 1.54) is 6.42 Å². The van der Waals surface area contributed by atoms with Gasteiger partial charge in [0.1, 0.15) is 0 Å². The van der Waals surface area contributed by atoms with Gasteiger partial charge in [-0.3, -0.25) is 4.79 Å². The van der Waals surface area contributed by atoms with Gasteiger partial charge in [-0.15, -0.1) is 0 Å². The van der Waals surface area contributed by atoms with Gasteiger partial charge < -0.3 is 15.8 Å².